The Kier molecular flexibility index (Phi) is 7.99. The minimum atomic E-state index is -0.549. The molecule has 0 aliphatic rings. The molecule has 0 amide bonds. The van der Waals surface area contributed by atoms with Crippen molar-refractivity contribution >= 4 is 57.6 Å². The molecule has 0 saturated heterocycles. The van der Waals surface area contributed by atoms with Gasteiger partial charge in [-0.05, 0) is 65.5 Å². The zero-order valence-corrected chi connectivity index (χ0v) is 21.0. The van der Waals surface area contributed by atoms with E-state index in [0.717, 1.165) is 16.5 Å². The molecule has 0 fully saturated rings. The van der Waals surface area contributed by atoms with Crippen molar-refractivity contribution in [3.05, 3.63) is 95.0 Å². The van der Waals surface area contributed by atoms with Crippen LogP contribution in [0.1, 0.15) is 15.9 Å². The summed E-state index contributed by atoms with van der Waals surface area (Å²) in [6.45, 7) is 0. The lowest BCUT2D eigenvalue weighted by Crippen LogP contribution is -2.23. The normalized spacial score (nSPS) is 10.8. The summed E-state index contributed by atoms with van der Waals surface area (Å²) in [5, 5.41) is 9.95. The molecule has 2 N–H and O–H groups in total. The first-order valence-electron chi connectivity index (χ1n) is 10.8. The molecule has 0 radical (unpaired) electrons. The largest absolute Gasteiger partial charge is 0.493 e. The molecule has 4 rings (SSSR count). The summed E-state index contributed by atoms with van der Waals surface area (Å²) in [6.07, 6.45) is 1.56. The van der Waals surface area contributed by atoms with Gasteiger partial charge in [0.2, 0.25) is 0 Å². The van der Waals surface area contributed by atoms with Crippen LogP contribution in [-0.4, -0.2) is 31.5 Å². The highest BCUT2D eigenvalue weighted by Gasteiger charge is 2.16. The lowest BCUT2D eigenvalue weighted by molar-refractivity contribution is 0.0734. The molecular formula is C27H22ClN3O4S. The number of nitrogens with zero attached hydrogens (tertiary/aromatic N) is 1. The maximum absolute atomic E-state index is 13.0. The highest BCUT2D eigenvalue weighted by molar-refractivity contribution is 7.80. The van der Waals surface area contributed by atoms with E-state index in [1.807, 2.05) is 42.5 Å². The standard InChI is InChI=1S/C27H22ClN3O4S/c1-33-24-13-11-18(14-25(24)34-2)26(32)35-23-12-10-17-6-3-4-9-21(17)22(23)16-29-31-27(36)30-20-8-5-7-19(28)15-20/h3-16H,1-2H3,(H2,30,31,36)/b29-16-. The van der Waals surface area contributed by atoms with Gasteiger partial charge in [0.15, 0.2) is 16.6 Å². The van der Waals surface area contributed by atoms with Crippen molar-refractivity contribution in [3.63, 3.8) is 0 Å². The molecule has 0 bridgehead atoms. The van der Waals surface area contributed by atoms with Gasteiger partial charge in [0, 0.05) is 16.3 Å². The van der Waals surface area contributed by atoms with Crippen LogP contribution in [0.25, 0.3) is 10.8 Å². The summed E-state index contributed by atoms with van der Waals surface area (Å²) in [7, 11) is 3.03. The number of rotatable bonds is 7. The molecule has 0 aliphatic carbocycles. The van der Waals surface area contributed by atoms with Crippen molar-refractivity contribution in [2.45, 2.75) is 0 Å². The summed E-state index contributed by atoms with van der Waals surface area (Å²) in [5.41, 5.74) is 4.43. The quantitative estimate of drug-likeness (QED) is 0.101. The first kappa shape index (κ1) is 25.0. The Hall–Kier alpha value is -4.14. The van der Waals surface area contributed by atoms with E-state index in [9.17, 15) is 4.79 Å². The zero-order valence-electron chi connectivity index (χ0n) is 19.4. The molecule has 0 aliphatic heterocycles. The molecule has 0 aromatic heterocycles. The monoisotopic (exact) mass is 519 g/mol. The fourth-order valence-electron chi connectivity index (χ4n) is 3.50. The number of hydrazone groups is 1. The van der Waals surface area contributed by atoms with Gasteiger partial charge in [-0.2, -0.15) is 5.10 Å². The topological polar surface area (TPSA) is 81.2 Å². The van der Waals surface area contributed by atoms with Crippen LogP contribution in [0.15, 0.2) is 84.0 Å². The third kappa shape index (κ3) is 5.91. The number of carbonyl (C=O) groups excluding carboxylic acids is 1. The van der Waals surface area contributed by atoms with E-state index in [1.165, 1.54) is 14.2 Å². The lowest BCUT2D eigenvalue weighted by Gasteiger charge is -2.12. The second-order valence-electron chi connectivity index (χ2n) is 7.49. The Balaban J connectivity index is 1.57. The van der Waals surface area contributed by atoms with Gasteiger partial charge in [-0.15, -0.1) is 0 Å². The second kappa shape index (κ2) is 11.5. The first-order chi connectivity index (χ1) is 17.5. The molecule has 0 unspecified atom stereocenters. The molecule has 0 heterocycles. The average molecular weight is 520 g/mol. The van der Waals surface area contributed by atoms with Crippen molar-refractivity contribution in [2.75, 3.05) is 19.5 Å². The number of carbonyl (C=O) groups is 1. The van der Waals surface area contributed by atoms with Crippen LogP contribution in [0.4, 0.5) is 5.69 Å². The Morgan fingerprint density at radius 2 is 1.69 bits per heavy atom. The van der Waals surface area contributed by atoms with E-state index in [1.54, 1.807) is 42.6 Å². The molecule has 36 heavy (non-hydrogen) atoms. The molecule has 9 heteroatoms. The third-order valence-corrected chi connectivity index (χ3v) is 5.62. The van der Waals surface area contributed by atoms with Gasteiger partial charge in [0.1, 0.15) is 5.75 Å². The molecule has 4 aromatic rings. The highest BCUT2D eigenvalue weighted by atomic mass is 35.5. The predicted molar refractivity (Wildman–Crippen MR) is 147 cm³/mol. The first-order valence-corrected chi connectivity index (χ1v) is 11.6. The molecule has 182 valence electrons. The van der Waals surface area contributed by atoms with Gasteiger partial charge < -0.3 is 19.5 Å². The number of anilines is 1. The van der Waals surface area contributed by atoms with Crippen LogP contribution in [0.3, 0.4) is 0 Å². The smallest absolute Gasteiger partial charge is 0.343 e. The van der Waals surface area contributed by atoms with Gasteiger partial charge in [-0.1, -0.05) is 48.0 Å². The fraction of sp³-hybridized carbons (Fsp3) is 0.0741. The summed E-state index contributed by atoms with van der Waals surface area (Å²) in [4.78, 5) is 13.0. The Labute approximate surface area is 218 Å². The van der Waals surface area contributed by atoms with Crippen molar-refractivity contribution in [2.24, 2.45) is 5.10 Å². The number of hydrogen-bond acceptors (Lipinski definition) is 6. The second-order valence-corrected chi connectivity index (χ2v) is 8.34. The van der Waals surface area contributed by atoms with E-state index in [-0.39, 0.29) is 5.11 Å². The number of benzene rings is 4. The molecule has 7 nitrogen and oxygen atoms in total. The zero-order chi connectivity index (χ0) is 25.5. The molecule has 0 saturated carbocycles. The lowest BCUT2D eigenvalue weighted by atomic mass is 10.0. The third-order valence-electron chi connectivity index (χ3n) is 5.19. The summed E-state index contributed by atoms with van der Waals surface area (Å²) in [6, 6.07) is 23.3. The minimum Gasteiger partial charge on any atom is -0.493 e. The number of thiocarbonyl (C=S) groups is 1. The van der Waals surface area contributed by atoms with Crippen molar-refractivity contribution in [1.29, 1.82) is 0 Å². The molecular weight excluding hydrogens is 498 g/mol. The van der Waals surface area contributed by atoms with Gasteiger partial charge in [-0.3, -0.25) is 5.43 Å². The molecule has 0 atom stereocenters. The number of methoxy groups -OCH3 is 2. The maximum Gasteiger partial charge on any atom is 0.343 e. The Morgan fingerprint density at radius 1 is 0.917 bits per heavy atom. The summed E-state index contributed by atoms with van der Waals surface area (Å²) >= 11 is 11.3. The number of halogens is 1. The van der Waals surface area contributed by atoms with Crippen LogP contribution in [0, 0.1) is 0 Å². The van der Waals surface area contributed by atoms with E-state index in [2.05, 4.69) is 15.8 Å². The van der Waals surface area contributed by atoms with Crippen molar-refractivity contribution in [1.82, 2.24) is 5.43 Å². The number of ether oxygens (including phenoxy) is 3. The minimum absolute atomic E-state index is 0.276. The van der Waals surface area contributed by atoms with Gasteiger partial charge in [0.25, 0.3) is 0 Å². The summed E-state index contributed by atoms with van der Waals surface area (Å²) < 4.78 is 16.3. The van der Waals surface area contributed by atoms with Crippen LogP contribution in [0.5, 0.6) is 17.2 Å². The number of fused-ring (bicyclic) bond motifs is 1. The van der Waals surface area contributed by atoms with E-state index >= 15 is 0 Å². The van der Waals surface area contributed by atoms with Crippen molar-refractivity contribution < 1.29 is 19.0 Å². The summed E-state index contributed by atoms with van der Waals surface area (Å²) in [5.74, 6) is 0.734. The SMILES string of the molecule is COc1ccc(C(=O)Oc2ccc3ccccc3c2/C=N\NC(=S)Nc2cccc(Cl)c2)cc1OC. The van der Waals surface area contributed by atoms with E-state index < -0.39 is 5.97 Å². The average Bonchev–Trinajstić information content (AvgIpc) is 2.89. The highest BCUT2D eigenvalue weighted by Crippen LogP contribution is 2.30. The van der Waals surface area contributed by atoms with Gasteiger partial charge in [0.05, 0.1) is 26.0 Å². The van der Waals surface area contributed by atoms with Crippen LogP contribution >= 0.6 is 23.8 Å². The van der Waals surface area contributed by atoms with Crippen LogP contribution in [-0.2, 0) is 0 Å². The van der Waals surface area contributed by atoms with E-state index in [0.29, 0.717) is 33.4 Å². The van der Waals surface area contributed by atoms with Crippen LogP contribution < -0.4 is 25.0 Å². The van der Waals surface area contributed by atoms with Crippen LogP contribution in [0.2, 0.25) is 5.02 Å². The van der Waals surface area contributed by atoms with Gasteiger partial charge in [-0.25, -0.2) is 4.79 Å². The number of nitrogens with one attached hydrogen (secondary N) is 2. The Bertz CT molecular complexity index is 1460. The van der Waals surface area contributed by atoms with E-state index in [4.69, 9.17) is 38.0 Å². The number of esters is 1. The number of hydrogen-bond donors (Lipinski definition) is 2. The maximum atomic E-state index is 13.0. The van der Waals surface area contributed by atoms with Gasteiger partial charge >= 0.3 is 5.97 Å². The fourth-order valence-corrected chi connectivity index (χ4v) is 3.86. The Morgan fingerprint density at radius 3 is 2.47 bits per heavy atom. The predicted octanol–water partition coefficient (Wildman–Crippen LogP) is 6.05. The molecule has 0 spiro atoms. The van der Waals surface area contributed by atoms with Crippen molar-refractivity contribution in [3.8, 4) is 17.2 Å². The molecule has 4 aromatic carbocycles.